The maximum absolute atomic E-state index is 12.2. The van der Waals surface area contributed by atoms with Gasteiger partial charge in [-0.25, -0.2) is 0 Å². The first-order valence-corrected chi connectivity index (χ1v) is 9.38. The molecule has 2 rings (SSSR count). The van der Waals surface area contributed by atoms with E-state index in [2.05, 4.69) is 22.3 Å². The number of hydrogen-bond acceptors (Lipinski definition) is 3. The summed E-state index contributed by atoms with van der Waals surface area (Å²) in [7, 11) is 1.74. The summed E-state index contributed by atoms with van der Waals surface area (Å²) >= 11 is 0. The van der Waals surface area contributed by atoms with Crippen molar-refractivity contribution in [1.82, 2.24) is 5.32 Å². The Morgan fingerprint density at radius 3 is 2.32 bits per heavy atom. The summed E-state index contributed by atoms with van der Waals surface area (Å²) in [5, 5.41) is 5.65. The van der Waals surface area contributed by atoms with Crippen LogP contribution < -0.4 is 20.3 Å². The van der Waals surface area contributed by atoms with E-state index in [4.69, 9.17) is 0 Å². The number of anilines is 1. The number of carbonyl (C=O) groups excluding carboxylic acids is 2. The van der Waals surface area contributed by atoms with Gasteiger partial charge < -0.3 is 20.3 Å². The number of amides is 2. The monoisotopic (exact) mass is 402 g/mol. The fourth-order valence-electron chi connectivity index (χ4n) is 3.34. The highest BCUT2D eigenvalue weighted by molar-refractivity contribution is 5.91. The number of rotatable bonds is 7. The molecule has 0 saturated heterocycles. The molecule has 0 bridgehead atoms. The van der Waals surface area contributed by atoms with Crippen LogP contribution in [-0.2, 0) is 9.59 Å². The lowest BCUT2D eigenvalue weighted by molar-refractivity contribution is -0.862. The van der Waals surface area contributed by atoms with Gasteiger partial charge in [0, 0.05) is 11.7 Å². The average Bonchev–Trinajstić information content (AvgIpc) is 2.57. The molecule has 1 aliphatic rings. The van der Waals surface area contributed by atoms with Crippen LogP contribution in [0.3, 0.4) is 0 Å². The summed E-state index contributed by atoms with van der Waals surface area (Å²) < 4.78 is 40.2. The van der Waals surface area contributed by atoms with Gasteiger partial charge >= 0.3 is 6.36 Å². The second-order valence-electron chi connectivity index (χ2n) is 7.37. The molecule has 1 saturated carbocycles. The molecular formula is C19H27F3N3O3+. The van der Waals surface area contributed by atoms with Gasteiger partial charge in [-0.3, -0.25) is 9.59 Å². The summed E-state index contributed by atoms with van der Waals surface area (Å²) in [5.74, 6) is -0.314. The van der Waals surface area contributed by atoms with E-state index in [0.717, 1.165) is 36.3 Å². The molecule has 28 heavy (non-hydrogen) atoms. The first kappa shape index (κ1) is 22.0. The number of nitrogens with one attached hydrogen (secondary N) is 3. The molecule has 2 amide bonds. The van der Waals surface area contributed by atoms with Gasteiger partial charge in [0.2, 0.25) is 0 Å². The van der Waals surface area contributed by atoms with Crippen molar-refractivity contribution in [2.75, 3.05) is 25.5 Å². The Morgan fingerprint density at radius 2 is 1.71 bits per heavy atom. The van der Waals surface area contributed by atoms with Crippen LogP contribution >= 0.6 is 0 Å². The molecule has 0 radical (unpaired) electrons. The van der Waals surface area contributed by atoms with Crippen LogP contribution in [0.1, 0.15) is 32.6 Å². The molecule has 0 aromatic heterocycles. The Balaban J connectivity index is 1.75. The smallest absolute Gasteiger partial charge is 0.406 e. The third-order valence-electron chi connectivity index (χ3n) is 4.75. The lowest BCUT2D eigenvalue weighted by atomic mass is 9.86. The van der Waals surface area contributed by atoms with E-state index in [1.54, 1.807) is 7.05 Å². The van der Waals surface area contributed by atoms with Crippen LogP contribution in [0.15, 0.2) is 24.3 Å². The molecule has 1 fully saturated rings. The fraction of sp³-hybridized carbons (Fsp3) is 0.579. The predicted octanol–water partition coefficient (Wildman–Crippen LogP) is 1.73. The first-order valence-electron chi connectivity index (χ1n) is 9.38. The quantitative estimate of drug-likeness (QED) is 0.651. The summed E-state index contributed by atoms with van der Waals surface area (Å²) in [6.07, 6.45) is -0.342. The molecule has 1 aromatic carbocycles. The fourth-order valence-corrected chi connectivity index (χ4v) is 3.34. The van der Waals surface area contributed by atoms with Gasteiger partial charge in [0.15, 0.2) is 13.1 Å². The number of halogens is 3. The molecule has 0 heterocycles. The van der Waals surface area contributed by atoms with Crippen LogP contribution in [0.5, 0.6) is 5.75 Å². The van der Waals surface area contributed by atoms with Gasteiger partial charge in [-0.1, -0.05) is 19.8 Å². The zero-order chi connectivity index (χ0) is 20.7. The van der Waals surface area contributed by atoms with Gasteiger partial charge in [0.1, 0.15) is 5.75 Å². The van der Waals surface area contributed by atoms with Crippen molar-refractivity contribution < 1.29 is 32.4 Å². The molecule has 0 spiro atoms. The maximum Gasteiger partial charge on any atom is 0.573 e. The number of carbonyl (C=O) groups is 2. The van der Waals surface area contributed by atoms with E-state index in [1.165, 1.54) is 18.6 Å². The highest BCUT2D eigenvalue weighted by Gasteiger charge is 2.31. The molecule has 1 aliphatic carbocycles. The van der Waals surface area contributed by atoms with E-state index in [9.17, 15) is 22.8 Å². The topological polar surface area (TPSA) is 71.9 Å². The minimum Gasteiger partial charge on any atom is -0.406 e. The molecule has 0 aliphatic heterocycles. The minimum absolute atomic E-state index is 0.0639. The van der Waals surface area contributed by atoms with E-state index < -0.39 is 6.36 Å². The van der Waals surface area contributed by atoms with Crippen molar-refractivity contribution in [3.63, 3.8) is 0 Å². The zero-order valence-electron chi connectivity index (χ0n) is 16.1. The summed E-state index contributed by atoms with van der Waals surface area (Å²) in [4.78, 5) is 25.0. The second-order valence-corrected chi connectivity index (χ2v) is 7.37. The Kier molecular flexibility index (Phi) is 7.68. The number of likely N-dealkylation sites (N-methyl/N-ethyl adjacent to an activating group) is 1. The normalized spacial score (nSPS) is 20.9. The lowest BCUT2D eigenvalue weighted by Crippen LogP contribution is -3.11. The third-order valence-corrected chi connectivity index (χ3v) is 4.75. The largest absolute Gasteiger partial charge is 0.573 e. The minimum atomic E-state index is -4.76. The summed E-state index contributed by atoms with van der Waals surface area (Å²) in [6.45, 7) is 2.38. The SMILES string of the molecule is C[C@@H]1CCCC[C@@H]1NC(=O)C[NH+](C)CC(=O)Nc1ccc(OC(F)(F)F)cc1. The Morgan fingerprint density at radius 1 is 1.11 bits per heavy atom. The summed E-state index contributed by atoms with van der Waals surface area (Å²) in [6, 6.07) is 5.09. The molecular weight excluding hydrogens is 375 g/mol. The molecule has 3 N–H and O–H groups in total. The molecule has 6 nitrogen and oxygen atoms in total. The molecule has 3 atom stereocenters. The predicted molar refractivity (Wildman–Crippen MR) is 97.9 cm³/mol. The van der Waals surface area contributed by atoms with Crippen molar-refractivity contribution >= 4 is 17.5 Å². The Bertz CT molecular complexity index is 665. The zero-order valence-corrected chi connectivity index (χ0v) is 16.1. The Hall–Kier alpha value is -2.29. The van der Waals surface area contributed by atoms with Crippen LogP contribution in [-0.4, -0.2) is 44.4 Å². The van der Waals surface area contributed by atoms with Crippen LogP contribution in [0.25, 0.3) is 0 Å². The van der Waals surface area contributed by atoms with Gasteiger partial charge in [-0.05, 0) is 43.0 Å². The van der Waals surface area contributed by atoms with Crippen LogP contribution in [0.2, 0.25) is 0 Å². The number of benzene rings is 1. The highest BCUT2D eigenvalue weighted by atomic mass is 19.4. The third kappa shape index (κ3) is 7.75. The Labute approximate surface area is 162 Å². The average molecular weight is 402 g/mol. The van der Waals surface area contributed by atoms with Gasteiger partial charge in [-0.2, -0.15) is 0 Å². The van der Waals surface area contributed by atoms with E-state index in [1.807, 2.05) is 0 Å². The molecule has 1 aromatic rings. The van der Waals surface area contributed by atoms with Gasteiger partial charge in [0.05, 0.1) is 7.05 Å². The number of ether oxygens (including phenoxy) is 1. The van der Waals surface area contributed by atoms with Crippen molar-refractivity contribution in [2.45, 2.75) is 45.0 Å². The number of alkyl halides is 3. The van der Waals surface area contributed by atoms with Gasteiger partial charge in [0.25, 0.3) is 11.8 Å². The first-order chi connectivity index (χ1) is 13.1. The van der Waals surface area contributed by atoms with E-state index >= 15 is 0 Å². The number of quaternary nitrogens is 1. The van der Waals surface area contributed by atoms with Crippen molar-refractivity contribution in [3.05, 3.63) is 24.3 Å². The van der Waals surface area contributed by atoms with Crippen LogP contribution in [0, 0.1) is 5.92 Å². The lowest BCUT2D eigenvalue weighted by Gasteiger charge is -2.29. The van der Waals surface area contributed by atoms with Gasteiger partial charge in [-0.15, -0.1) is 13.2 Å². The molecule has 1 unspecified atom stereocenters. The number of hydrogen-bond donors (Lipinski definition) is 3. The highest BCUT2D eigenvalue weighted by Crippen LogP contribution is 2.24. The molecule has 156 valence electrons. The van der Waals surface area contributed by atoms with E-state index in [-0.39, 0.29) is 36.7 Å². The standard InChI is InChI=1S/C19H26F3N3O3/c1-13-5-3-4-6-16(13)24-18(27)12-25(2)11-17(26)23-14-7-9-15(10-8-14)28-19(20,21)22/h7-10,13,16H,3-6,11-12H2,1-2H3,(H,23,26)(H,24,27)/p+1/t13-,16+/m1/s1. The summed E-state index contributed by atoms with van der Waals surface area (Å²) in [5.41, 5.74) is 0.354. The van der Waals surface area contributed by atoms with E-state index in [0.29, 0.717) is 11.6 Å². The second kappa shape index (κ2) is 9.77. The maximum atomic E-state index is 12.2. The molecule has 9 heteroatoms. The van der Waals surface area contributed by atoms with Crippen molar-refractivity contribution in [3.8, 4) is 5.75 Å². The van der Waals surface area contributed by atoms with Crippen LogP contribution in [0.4, 0.5) is 18.9 Å². The van der Waals surface area contributed by atoms with Crippen molar-refractivity contribution in [1.29, 1.82) is 0 Å². The van der Waals surface area contributed by atoms with Crippen molar-refractivity contribution in [2.24, 2.45) is 5.92 Å².